The van der Waals surface area contributed by atoms with Crippen LogP contribution in [0, 0.1) is 5.82 Å². The first-order chi connectivity index (χ1) is 8.85. The molecule has 0 aliphatic heterocycles. The summed E-state index contributed by atoms with van der Waals surface area (Å²) in [6.45, 7) is 6.89. The van der Waals surface area contributed by atoms with Gasteiger partial charge in [0.15, 0.2) is 5.76 Å². The molecule has 2 rings (SSSR count). The Bertz CT molecular complexity index is 575. The Kier molecular flexibility index (Phi) is 4.06. The van der Waals surface area contributed by atoms with Gasteiger partial charge in [0.05, 0.1) is 5.69 Å². The van der Waals surface area contributed by atoms with E-state index in [1.54, 1.807) is 6.07 Å². The second kappa shape index (κ2) is 5.43. The van der Waals surface area contributed by atoms with Crippen molar-refractivity contribution in [1.82, 2.24) is 10.5 Å². The molecule has 1 aromatic heterocycles. The van der Waals surface area contributed by atoms with Gasteiger partial charge in [-0.1, -0.05) is 5.16 Å². The Balaban J connectivity index is 2.16. The summed E-state index contributed by atoms with van der Waals surface area (Å²) in [5, 5.41) is 7.34. The number of hydrogen-bond acceptors (Lipinski definition) is 3. The second-order valence-corrected chi connectivity index (χ2v) is 6.26. The number of nitrogens with zero attached hydrogens (tertiary/aromatic N) is 1. The van der Waals surface area contributed by atoms with E-state index in [1.807, 2.05) is 6.07 Å². The molecule has 0 fully saturated rings. The number of hydrogen-bond donors (Lipinski definition) is 1. The standard InChI is InChI=1S/C14H16BrFN2O/c1-14(2,3)17-8-10-7-13(19-18-10)11-5-4-9(16)6-12(11)15/h4-7,17H,8H2,1-3H3. The Labute approximate surface area is 120 Å². The van der Waals surface area contributed by atoms with Gasteiger partial charge < -0.3 is 9.84 Å². The first-order valence-electron chi connectivity index (χ1n) is 6.01. The summed E-state index contributed by atoms with van der Waals surface area (Å²) < 4.78 is 19.0. The van der Waals surface area contributed by atoms with Crippen LogP contribution in [0.4, 0.5) is 4.39 Å². The van der Waals surface area contributed by atoms with E-state index in [-0.39, 0.29) is 11.4 Å². The molecule has 0 saturated carbocycles. The summed E-state index contributed by atoms with van der Waals surface area (Å²) >= 11 is 3.32. The van der Waals surface area contributed by atoms with Crippen molar-refractivity contribution in [3.8, 4) is 11.3 Å². The predicted molar refractivity (Wildman–Crippen MR) is 76.2 cm³/mol. The molecule has 0 saturated heterocycles. The average molecular weight is 327 g/mol. The van der Waals surface area contributed by atoms with Crippen molar-refractivity contribution in [3.05, 3.63) is 40.2 Å². The third kappa shape index (κ3) is 3.88. The number of rotatable bonds is 3. The summed E-state index contributed by atoms with van der Waals surface area (Å²) in [6, 6.07) is 6.33. The van der Waals surface area contributed by atoms with Gasteiger partial charge in [0.1, 0.15) is 5.82 Å². The van der Waals surface area contributed by atoms with E-state index in [1.165, 1.54) is 12.1 Å². The van der Waals surface area contributed by atoms with Crippen molar-refractivity contribution in [1.29, 1.82) is 0 Å². The van der Waals surface area contributed by atoms with Gasteiger partial charge in [-0.15, -0.1) is 0 Å². The fraction of sp³-hybridized carbons (Fsp3) is 0.357. The van der Waals surface area contributed by atoms with Gasteiger partial charge in [0, 0.05) is 28.2 Å². The van der Waals surface area contributed by atoms with Crippen LogP contribution >= 0.6 is 15.9 Å². The monoisotopic (exact) mass is 326 g/mol. The molecular formula is C14H16BrFN2O. The number of aromatic nitrogens is 1. The summed E-state index contributed by atoms with van der Waals surface area (Å²) in [6.07, 6.45) is 0. The summed E-state index contributed by atoms with van der Waals surface area (Å²) in [5.74, 6) is 0.336. The molecule has 0 radical (unpaired) electrons. The van der Waals surface area contributed by atoms with Crippen molar-refractivity contribution < 1.29 is 8.91 Å². The van der Waals surface area contributed by atoms with E-state index in [2.05, 4.69) is 47.2 Å². The van der Waals surface area contributed by atoms with Crippen LogP contribution in [0.25, 0.3) is 11.3 Å². The topological polar surface area (TPSA) is 38.1 Å². The van der Waals surface area contributed by atoms with Crippen LogP contribution in [0.5, 0.6) is 0 Å². The Morgan fingerprint density at radius 1 is 1.32 bits per heavy atom. The fourth-order valence-corrected chi connectivity index (χ4v) is 2.11. The predicted octanol–water partition coefficient (Wildman–Crippen LogP) is 4.13. The number of nitrogens with one attached hydrogen (secondary N) is 1. The largest absolute Gasteiger partial charge is 0.356 e. The van der Waals surface area contributed by atoms with E-state index < -0.39 is 0 Å². The van der Waals surface area contributed by atoms with Gasteiger partial charge in [-0.25, -0.2) is 4.39 Å². The summed E-state index contributed by atoms with van der Waals surface area (Å²) in [4.78, 5) is 0. The van der Waals surface area contributed by atoms with Crippen LogP contribution in [0.3, 0.4) is 0 Å². The maximum Gasteiger partial charge on any atom is 0.168 e. The molecule has 0 aliphatic carbocycles. The van der Waals surface area contributed by atoms with Crippen LogP contribution < -0.4 is 5.32 Å². The highest BCUT2D eigenvalue weighted by molar-refractivity contribution is 9.10. The van der Waals surface area contributed by atoms with Crippen molar-refractivity contribution >= 4 is 15.9 Å². The molecule has 0 spiro atoms. The lowest BCUT2D eigenvalue weighted by atomic mass is 10.1. The van der Waals surface area contributed by atoms with Gasteiger partial charge in [-0.05, 0) is 54.9 Å². The lowest BCUT2D eigenvalue weighted by Crippen LogP contribution is -2.35. The highest BCUT2D eigenvalue weighted by Gasteiger charge is 2.13. The minimum Gasteiger partial charge on any atom is -0.356 e. The highest BCUT2D eigenvalue weighted by atomic mass is 79.9. The number of halogens is 2. The lowest BCUT2D eigenvalue weighted by Gasteiger charge is -2.19. The molecule has 0 aliphatic rings. The van der Waals surface area contributed by atoms with Crippen molar-refractivity contribution in [2.45, 2.75) is 32.9 Å². The summed E-state index contributed by atoms with van der Waals surface area (Å²) in [7, 11) is 0. The maximum atomic E-state index is 13.0. The minimum absolute atomic E-state index is 0.0234. The molecule has 0 bridgehead atoms. The van der Waals surface area contributed by atoms with Gasteiger partial charge in [-0.2, -0.15) is 0 Å². The summed E-state index contributed by atoms with van der Waals surface area (Å²) in [5.41, 5.74) is 1.63. The van der Waals surface area contributed by atoms with E-state index >= 15 is 0 Å². The van der Waals surface area contributed by atoms with Crippen LogP contribution in [0.1, 0.15) is 26.5 Å². The molecule has 1 aromatic carbocycles. The van der Waals surface area contributed by atoms with Crippen LogP contribution in [-0.2, 0) is 6.54 Å². The Morgan fingerprint density at radius 2 is 2.05 bits per heavy atom. The van der Waals surface area contributed by atoms with Crippen molar-refractivity contribution in [2.75, 3.05) is 0 Å². The molecule has 5 heteroatoms. The van der Waals surface area contributed by atoms with E-state index in [0.717, 1.165) is 11.3 Å². The zero-order valence-corrected chi connectivity index (χ0v) is 12.7. The van der Waals surface area contributed by atoms with E-state index in [9.17, 15) is 4.39 Å². The van der Waals surface area contributed by atoms with Gasteiger partial charge in [-0.3, -0.25) is 0 Å². The van der Waals surface area contributed by atoms with Crippen LogP contribution in [0.15, 0.2) is 33.3 Å². The smallest absolute Gasteiger partial charge is 0.168 e. The second-order valence-electron chi connectivity index (χ2n) is 5.41. The Morgan fingerprint density at radius 3 is 2.68 bits per heavy atom. The highest BCUT2D eigenvalue weighted by Crippen LogP contribution is 2.29. The van der Waals surface area contributed by atoms with Crippen LogP contribution in [-0.4, -0.2) is 10.7 Å². The van der Waals surface area contributed by atoms with Crippen molar-refractivity contribution in [3.63, 3.8) is 0 Å². The minimum atomic E-state index is -0.287. The molecule has 0 atom stereocenters. The SMILES string of the molecule is CC(C)(C)NCc1cc(-c2ccc(F)cc2Br)on1. The molecule has 1 heterocycles. The maximum absolute atomic E-state index is 13.0. The molecule has 102 valence electrons. The quantitative estimate of drug-likeness (QED) is 0.921. The third-order valence-corrected chi connectivity index (χ3v) is 3.21. The number of benzene rings is 1. The molecule has 19 heavy (non-hydrogen) atoms. The van der Waals surface area contributed by atoms with E-state index in [0.29, 0.717) is 16.8 Å². The van der Waals surface area contributed by atoms with Gasteiger partial charge in [0.2, 0.25) is 0 Å². The molecule has 1 N–H and O–H groups in total. The average Bonchev–Trinajstić information content (AvgIpc) is 2.74. The normalized spacial score (nSPS) is 11.8. The van der Waals surface area contributed by atoms with Crippen molar-refractivity contribution in [2.24, 2.45) is 0 Å². The van der Waals surface area contributed by atoms with Gasteiger partial charge >= 0.3 is 0 Å². The fourth-order valence-electron chi connectivity index (χ4n) is 1.57. The molecule has 0 amide bonds. The first kappa shape index (κ1) is 14.2. The molecule has 2 aromatic rings. The molecule has 0 unspecified atom stereocenters. The molecular weight excluding hydrogens is 311 g/mol. The first-order valence-corrected chi connectivity index (χ1v) is 6.80. The van der Waals surface area contributed by atoms with E-state index in [4.69, 9.17) is 4.52 Å². The third-order valence-electron chi connectivity index (χ3n) is 2.56. The lowest BCUT2D eigenvalue weighted by molar-refractivity contribution is 0.392. The van der Waals surface area contributed by atoms with Gasteiger partial charge in [0.25, 0.3) is 0 Å². The Hall–Kier alpha value is -1.20. The zero-order valence-electron chi connectivity index (χ0n) is 11.1. The molecule has 3 nitrogen and oxygen atoms in total. The van der Waals surface area contributed by atoms with Crippen LogP contribution in [0.2, 0.25) is 0 Å². The zero-order chi connectivity index (χ0) is 14.0.